The average Bonchev–Trinajstić information content (AvgIpc) is 2.22. The first-order valence-corrected chi connectivity index (χ1v) is 4.37. The van der Waals surface area contributed by atoms with E-state index < -0.39 is 0 Å². The third kappa shape index (κ3) is 4.99. The molecule has 0 heterocycles. The molecule has 0 fully saturated rings. The Morgan fingerprint density at radius 1 is 1.07 bits per heavy atom. The zero-order chi connectivity index (χ0) is 10.8. The molecule has 0 aliphatic rings. The van der Waals surface area contributed by atoms with Crippen molar-refractivity contribution in [2.45, 2.75) is 6.92 Å². The molecule has 0 rings (SSSR count). The summed E-state index contributed by atoms with van der Waals surface area (Å²) in [6, 6.07) is 0. The Bertz CT molecular complexity index is 290. The molecule has 0 atom stereocenters. The Labute approximate surface area is 86.1 Å². The van der Waals surface area contributed by atoms with E-state index >= 15 is 0 Å². The molecular formula is C13H16O. The second-order valence-electron chi connectivity index (χ2n) is 2.40. The fraction of sp³-hybridized carbons (Fsp3) is 0.0769. The summed E-state index contributed by atoms with van der Waals surface area (Å²) in [5, 5.41) is 0. The minimum atomic E-state index is 0.668. The van der Waals surface area contributed by atoms with E-state index in [1.54, 1.807) is 24.3 Å². The molecule has 0 aromatic carbocycles. The zero-order valence-electron chi connectivity index (χ0n) is 8.57. The largest absolute Gasteiger partial charge is 0.458 e. The van der Waals surface area contributed by atoms with Crippen LogP contribution in [-0.4, -0.2) is 0 Å². The van der Waals surface area contributed by atoms with E-state index in [4.69, 9.17) is 4.74 Å². The first-order valence-electron chi connectivity index (χ1n) is 4.37. The van der Waals surface area contributed by atoms with Crippen molar-refractivity contribution in [2.24, 2.45) is 0 Å². The van der Waals surface area contributed by atoms with Gasteiger partial charge in [-0.2, -0.15) is 0 Å². The van der Waals surface area contributed by atoms with Crippen LogP contribution in [-0.2, 0) is 4.74 Å². The second kappa shape index (κ2) is 7.87. The van der Waals surface area contributed by atoms with Crippen LogP contribution in [0.4, 0.5) is 0 Å². The van der Waals surface area contributed by atoms with Crippen LogP contribution in [0, 0.1) is 0 Å². The van der Waals surface area contributed by atoms with Gasteiger partial charge >= 0.3 is 0 Å². The van der Waals surface area contributed by atoms with Crippen LogP contribution < -0.4 is 0 Å². The highest BCUT2D eigenvalue weighted by molar-refractivity contribution is 5.22. The third-order valence-corrected chi connectivity index (χ3v) is 1.40. The van der Waals surface area contributed by atoms with Gasteiger partial charge in [0.1, 0.15) is 11.5 Å². The number of hydrogen-bond donors (Lipinski definition) is 0. The monoisotopic (exact) mass is 188 g/mol. The van der Waals surface area contributed by atoms with Gasteiger partial charge in [0.2, 0.25) is 0 Å². The Hall–Kier alpha value is -1.76. The van der Waals surface area contributed by atoms with Crippen molar-refractivity contribution in [1.29, 1.82) is 0 Å². The van der Waals surface area contributed by atoms with Gasteiger partial charge in [0.25, 0.3) is 0 Å². The maximum atomic E-state index is 5.49. The number of rotatable bonds is 6. The molecule has 0 saturated heterocycles. The molecule has 14 heavy (non-hydrogen) atoms. The molecule has 0 aliphatic carbocycles. The Kier molecular flexibility index (Phi) is 6.88. The highest BCUT2D eigenvalue weighted by Crippen LogP contribution is 2.09. The van der Waals surface area contributed by atoms with Gasteiger partial charge in [0.05, 0.1) is 0 Å². The Morgan fingerprint density at radius 2 is 1.79 bits per heavy atom. The lowest BCUT2D eigenvalue weighted by Gasteiger charge is -2.05. The number of hydrogen-bond acceptors (Lipinski definition) is 1. The molecule has 0 aromatic heterocycles. The predicted octanol–water partition coefficient (Wildman–Crippen LogP) is 3.90. The highest BCUT2D eigenvalue weighted by atomic mass is 16.5. The highest BCUT2D eigenvalue weighted by Gasteiger charge is 1.93. The summed E-state index contributed by atoms with van der Waals surface area (Å²) in [4.78, 5) is 0. The van der Waals surface area contributed by atoms with Gasteiger partial charge in [-0.25, -0.2) is 0 Å². The molecule has 0 unspecified atom stereocenters. The minimum absolute atomic E-state index is 0.668. The molecule has 0 N–H and O–H groups in total. The summed E-state index contributed by atoms with van der Waals surface area (Å²) in [6.07, 6.45) is 12.2. The number of allylic oxidation sites excluding steroid dienone is 7. The maximum Gasteiger partial charge on any atom is 0.126 e. The van der Waals surface area contributed by atoms with Gasteiger partial charge in [-0.15, -0.1) is 0 Å². The van der Waals surface area contributed by atoms with Crippen LogP contribution in [0.3, 0.4) is 0 Å². The van der Waals surface area contributed by atoms with Crippen molar-refractivity contribution < 1.29 is 4.74 Å². The van der Waals surface area contributed by atoms with Crippen molar-refractivity contribution in [1.82, 2.24) is 0 Å². The Morgan fingerprint density at radius 3 is 2.21 bits per heavy atom. The van der Waals surface area contributed by atoms with Gasteiger partial charge in [-0.1, -0.05) is 38.0 Å². The zero-order valence-corrected chi connectivity index (χ0v) is 8.57. The lowest BCUT2D eigenvalue weighted by molar-refractivity contribution is 0.336. The van der Waals surface area contributed by atoms with Gasteiger partial charge in [0, 0.05) is 0 Å². The maximum absolute atomic E-state index is 5.49. The fourth-order valence-corrected chi connectivity index (χ4v) is 0.748. The average molecular weight is 188 g/mol. The summed E-state index contributed by atoms with van der Waals surface area (Å²) in [7, 11) is 0. The lowest BCUT2D eigenvalue weighted by Crippen LogP contribution is -1.87. The number of ether oxygens (including phenoxy) is 1. The fourth-order valence-electron chi connectivity index (χ4n) is 0.748. The summed E-state index contributed by atoms with van der Waals surface area (Å²) in [5.41, 5.74) is 0. The molecule has 0 aliphatic heterocycles. The van der Waals surface area contributed by atoms with Crippen molar-refractivity contribution >= 4 is 0 Å². The van der Waals surface area contributed by atoms with Crippen LogP contribution in [0.25, 0.3) is 0 Å². The molecule has 0 spiro atoms. The van der Waals surface area contributed by atoms with Crippen LogP contribution >= 0.6 is 0 Å². The first-order chi connectivity index (χ1) is 6.78. The van der Waals surface area contributed by atoms with E-state index in [1.165, 1.54) is 0 Å². The van der Waals surface area contributed by atoms with E-state index in [1.807, 2.05) is 25.2 Å². The summed E-state index contributed by atoms with van der Waals surface area (Å²) in [6.45, 7) is 12.7. The van der Waals surface area contributed by atoms with Crippen LogP contribution in [0.1, 0.15) is 6.92 Å². The quantitative estimate of drug-likeness (QED) is 0.453. The first kappa shape index (κ1) is 12.2. The van der Waals surface area contributed by atoms with Crippen molar-refractivity contribution in [3.63, 3.8) is 0 Å². The SMILES string of the molecule is C=C/C=C\C(=C/C)O/C(C=C)=C/C=C. The van der Waals surface area contributed by atoms with Gasteiger partial charge in [-0.3, -0.25) is 0 Å². The van der Waals surface area contributed by atoms with E-state index in [2.05, 4.69) is 19.7 Å². The molecule has 0 saturated carbocycles. The molecular weight excluding hydrogens is 172 g/mol. The molecule has 1 nitrogen and oxygen atoms in total. The molecule has 0 aromatic rings. The van der Waals surface area contributed by atoms with E-state index in [0.29, 0.717) is 5.76 Å². The Balaban J connectivity index is 4.52. The van der Waals surface area contributed by atoms with E-state index in [9.17, 15) is 0 Å². The van der Waals surface area contributed by atoms with Crippen LogP contribution in [0.2, 0.25) is 0 Å². The summed E-state index contributed by atoms with van der Waals surface area (Å²) >= 11 is 0. The van der Waals surface area contributed by atoms with Crippen molar-refractivity contribution in [3.05, 3.63) is 73.8 Å². The van der Waals surface area contributed by atoms with Crippen molar-refractivity contribution in [2.75, 3.05) is 0 Å². The van der Waals surface area contributed by atoms with E-state index in [0.717, 1.165) is 5.76 Å². The van der Waals surface area contributed by atoms with Gasteiger partial charge in [-0.05, 0) is 31.2 Å². The predicted molar refractivity (Wildman–Crippen MR) is 62.7 cm³/mol. The molecule has 0 bridgehead atoms. The van der Waals surface area contributed by atoms with E-state index in [-0.39, 0.29) is 0 Å². The van der Waals surface area contributed by atoms with Crippen LogP contribution in [0.5, 0.6) is 0 Å². The standard InChI is InChI=1S/C13H16O/c1-5-9-11-13(8-4)14-12(7-3)10-6-2/h5-11H,1-3H2,4H3/b11-9-,12-10+,13-8+. The molecule has 0 radical (unpaired) electrons. The van der Waals surface area contributed by atoms with Gasteiger partial charge < -0.3 is 4.74 Å². The van der Waals surface area contributed by atoms with Crippen LogP contribution in [0.15, 0.2) is 73.8 Å². The van der Waals surface area contributed by atoms with Crippen molar-refractivity contribution in [3.8, 4) is 0 Å². The summed E-state index contributed by atoms with van der Waals surface area (Å²) < 4.78 is 5.49. The third-order valence-electron chi connectivity index (χ3n) is 1.40. The topological polar surface area (TPSA) is 9.23 Å². The second-order valence-corrected chi connectivity index (χ2v) is 2.40. The molecule has 74 valence electrons. The van der Waals surface area contributed by atoms with Gasteiger partial charge in [0.15, 0.2) is 0 Å². The smallest absolute Gasteiger partial charge is 0.126 e. The molecule has 1 heteroatoms. The molecule has 0 amide bonds. The summed E-state index contributed by atoms with van der Waals surface area (Å²) in [5.74, 6) is 1.42. The minimum Gasteiger partial charge on any atom is -0.458 e. The lowest BCUT2D eigenvalue weighted by atomic mass is 10.3. The normalized spacial score (nSPS) is 12.6.